The van der Waals surface area contributed by atoms with Crippen LogP contribution in [0.15, 0.2) is 48.7 Å². The van der Waals surface area contributed by atoms with Gasteiger partial charge in [0, 0.05) is 18.3 Å². The molecule has 2 aliphatic heterocycles. The normalized spacial score (nSPS) is 20.5. The second kappa shape index (κ2) is 11.0. The Morgan fingerprint density at radius 3 is 2.38 bits per heavy atom. The molecule has 2 saturated heterocycles. The largest absolute Gasteiger partial charge is 0.340 e. The highest BCUT2D eigenvalue weighted by molar-refractivity contribution is 8.04. The molecule has 0 aliphatic carbocycles. The quantitative estimate of drug-likeness (QED) is 0.555. The van der Waals surface area contributed by atoms with Crippen LogP contribution >= 0.6 is 0 Å². The monoisotopic (exact) mass is 554 g/mol. The number of carbonyl (C=O) groups excluding carboxylic acids is 4. The standard InChI is InChI=1S/C28H34N4O6S/c1-5-8-20(30-25(34)18-10-12-19(13-11-18)28(2,3)4)26(35)31-16-14-22-24(31)23(33)17-32(22)39(37,38)27(36)21-9-6-7-15-29-21/h6-7,9-13,15,20,22,24H,5,8,14,16-17H2,1-4H3,(H,30,34). The van der Waals surface area contributed by atoms with Crippen LogP contribution in [0.4, 0.5) is 0 Å². The first-order valence-corrected chi connectivity index (χ1v) is 14.5. The van der Waals surface area contributed by atoms with E-state index in [9.17, 15) is 27.6 Å². The number of amides is 2. The first kappa shape index (κ1) is 28.6. The number of benzene rings is 1. The molecule has 2 aromatic rings. The van der Waals surface area contributed by atoms with Gasteiger partial charge in [-0.3, -0.25) is 24.2 Å². The maximum absolute atomic E-state index is 13.6. The van der Waals surface area contributed by atoms with Crippen molar-refractivity contribution in [1.82, 2.24) is 19.5 Å². The van der Waals surface area contributed by atoms with Crippen LogP contribution in [-0.4, -0.2) is 76.5 Å². The van der Waals surface area contributed by atoms with Crippen molar-refractivity contribution < 1.29 is 27.6 Å². The van der Waals surface area contributed by atoms with Crippen LogP contribution in [0, 0.1) is 0 Å². The van der Waals surface area contributed by atoms with Crippen LogP contribution in [0.2, 0.25) is 0 Å². The van der Waals surface area contributed by atoms with E-state index < -0.39 is 57.4 Å². The zero-order chi connectivity index (χ0) is 28.5. The van der Waals surface area contributed by atoms with Gasteiger partial charge in [0.2, 0.25) is 5.91 Å². The van der Waals surface area contributed by atoms with Crippen molar-refractivity contribution in [2.75, 3.05) is 13.1 Å². The summed E-state index contributed by atoms with van der Waals surface area (Å²) < 4.78 is 27.2. The number of aromatic nitrogens is 1. The Kier molecular flexibility index (Phi) is 8.04. The topological polar surface area (TPSA) is 134 Å². The molecule has 39 heavy (non-hydrogen) atoms. The molecule has 3 heterocycles. The van der Waals surface area contributed by atoms with E-state index >= 15 is 0 Å². The number of fused-ring (bicyclic) bond motifs is 1. The number of sulfonamides is 1. The predicted octanol–water partition coefficient (Wildman–Crippen LogP) is 2.30. The molecule has 2 aliphatic rings. The number of hydrogen-bond donors (Lipinski definition) is 1. The molecule has 3 atom stereocenters. The third-order valence-electron chi connectivity index (χ3n) is 7.27. The first-order valence-electron chi connectivity index (χ1n) is 13.1. The van der Waals surface area contributed by atoms with Gasteiger partial charge in [0.15, 0.2) is 5.78 Å². The van der Waals surface area contributed by atoms with Gasteiger partial charge in [-0.15, -0.1) is 0 Å². The van der Waals surface area contributed by atoms with Gasteiger partial charge in [-0.05, 0) is 48.1 Å². The molecule has 10 nitrogen and oxygen atoms in total. The summed E-state index contributed by atoms with van der Waals surface area (Å²) in [6.07, 6.45) is 2.48. The molecular formula is C28H34N4O6S. The molecule has 208 valence electrons. The molecule has 1 N–H and O–H groups in total. The summed E-state index contributed by atoms with van der Waals surface area (Å²) in [4.78, 5) is 57.6. The van der Waals surface area contributed by atoms with Gasteiger partial charge >= 0.3 is 5.12 Å². The van der Waals surface area contributed by atoms with Crippen molar-refractivity contribution in [1.29, 1.82) is 0 Å². The SMILES string of the molecule is CCCC(NC(=O)c1ccc(C(C)(C)C)cc1)C(=O)N1CCC2C1C(=O)CN2S(=O)(=O)C(=O)c1ccccn1. The number of rotatable bonds is 7. The highest BCUT2D eigenvalue weighted by Crippen LogP contribution is 2.33. The van der Waals surface area contributed by atoms with E-state index in [0.29, 0.717) is 18.4 Å². The summed E-state index contributed by atoms with van der Waals surface area (Å²) in [6.45, 7) is 7.76. The number of ketones is 1. The average Bonchev–Trinajstić information content (AvgIpc) is 3.49. The molecule has 11 heteroatoms. The van der Waals surface area contributed by atoms with Crippen LogP contribution in [0.5, 0.6) is 0 Å². The highest BCUT2D eigenvalue weighted by Gasteiger charge is 2.55. The number of nitrogens with zero attached hydrogens (tertiary/aromatic N) is 3. The Morgan fingerprint density at radius 2 is 1.79 bits per heavy atom. The van der Waals surface area contributed by atoms with Gasteiger partial charge in [-0.25, -0.2) is 8.42 Å². The second-order valence-electron chi connectivity index (χ2n) is 11.0. The van der Waals surface area contributed by atoms with Crippen molar-refractivity contribution in [2.45, 2.75) is 70.5 Å². The first-order chi connectivity index (χ1) is 18.4. The summed E-state index contributed by atoms with van der Waals surface area (Å²) in [5, 5.41) is 1.62. The second-order valence-corrected chi connectivity index (χ2v) is 12.8. The average molecular weight is 555 g/mol. The van der Waals surface area contributed by atoms with Crippen LogP contribution in [0.1, 0.15) is 73.4 Å². The van der Waals surface area contributed by atoms with Gasteiger partial charge in [-0.1, -0.05) is 52.3 Å². The van der Waals surface area contributed by atoms with Gasteiger partial charge in [0.25, 0.3) is 15.9 Å². The fourth-order valence-electron chi connectivity index (χ4n) is 5.17. The van der Waals surface area contributed by atoms with Crippen molar-refractivity contribution in [3.8, 4) is 0 Å². The van der Waals surface area contributed by atoms with Crippen molar-refractivity contribution in [3.63, 3.8) is 0 Å². The number of hydrogen-bond acceptors (Lipinski definition) is 7. The molecule has 1 aromatic carbocycles. The van der Waals surface area contributed by atoms with E-state index in [1.807, 2.05) is 19.1 Å². The zero-order valence-corrected chi connectivity index (χ0v) is 23.4. The number of nitrogens with one attached hydrogen (secondary N) is 1. The number of pyridine rings is 1. The van der Waals surface area contributed by atoms with Crippen molar-refractivity contribution in [3.05, 3.63) is 65.5 Å². The highest BCUT2D eigenvalue weighted by atomic mass is 32.2. The molecule has 0 spiro atoms. The smallest absolute Gasteiger partial charge is 0.310 e. The lowest BCUT2D eigenvalue weighted by Crippen LogP contribution is -2.52. The predicted molar refractivity (Wildman–Crippen MR) is 144 cm³/mol. The molecule has 2 amide bonds. The molecule has 0 radical (unpaired) electrons. The van der Waals surface area contributed by atoms with Crippen molar-refractivity contribution >= 4 is 32.7 Å². The molecule has 4 rings (SSSR count). The Hall–Kier alpha value is -3.44. The Bertz CT molecular complexity index is 1370. The maximum Gasteiger partial charge on any atom is 0.310 e. The molecule has 3 unspecified atom stereocenters. The van der Waals surface area contributed by atoms with Gasteiger partial charge in [-0.2, -0.15) is 4.31 Å². The van der Waals surface area contributed by atoms with Gasteiger partial charge in [0.05, 0.1) is 12.6 Å². The summed E-state index contributed by atoms with van der Waals surface area (Å²) in [6, 6.07) is 8.84. The molecule has 0 saturated carbocycles. The van der Waals surface area contributed by atoms with Crippen molar-refractivity contribution in [2.24, 2.45) is 0 Å². The lowest BCUT2D eigenvalue weighted by molar-refractivity contribution is -0.138. The number of carbonyl (C=O) groups is 4. The van der Waals surface area contributed by atoms with E-state index in [0.717, 1.165) is 9.87 Å². The molecule has 0 bridgehead atoms. The lowest BCUT2D eigenvalue weighted by Gasteiger charge is -2.28. The zero-order valence-electron chi connectivity index (χ0n) is 22.6. The summed E-state index contributed by atoms with van der Waals surface area (Å²) in [7, 11) is -4.52. The third kappa shape index (κ3) is 5.65. The number of likely N-dealkylation sites (tertiary alicyclic amines) is 1. The van der Waals surface area contributed by atoms with E-state index in [-0.39, 0.29) is 24.1 Å². The fraction of sp³-hybridized carbons (Fsp3) is 0.464. The van der Waals surface area contributed by atoms with Gasteiger partial charge < -0.3 is 10.2 Å². The van der Waals surface area contributed by atoms with Gasteiger partial charge in [0.1, 0.15) is 17.8 Å². The molecule has 2 fully saturated rings. The summed E-state index contributed by atoms with van der Waals surface area (Å²) >= 11 is 0. The molecule has 1 aromatic heterocycles. The van der Waals surface area contributed by atoms with Crippen LogP contribution in [0.25, 0.3) is 0 Å². The van der Waals surface area contributed by atoms with Crippen LogP contribution in [-0.2, 0) is 25.0 Å². The van der Waals surface area contributed by atoms with E-state index in [1.54, 1.807) is 18.2 Å². The minimum absolute atomic E-state index is 0.0700. The summed E-state index contributed by atoms with van der Waals surface area (Å²) in [5.74, 6) is -1.30. The van der Waals surface area contributed by atoms with E-state index in [1.165, 1.54) is 23.2 Å². The fourth-order valence-corrected chi connectivity index (χ4v) is 6.64. The lowest BCUT2D eigenvalue weighted by atomic mass is 9.86. The Labute approximate surface area is 228 Å². The third-order valence-corrected chi connectivity index (χ3v) is 8.97. The minimum atomic E-state index is -4.52. The van der Waals surface area contributed by atoms with Crippen LogP contribution in [0.3, 0.4) is 0 Å². The van der Waals surface area contributed by atoms with E-state index in [4.69, 9.17) is 0 Å². The van der Waals surface area contributed by atoms with Crippen LogP contribution < -0.4 is 5.32 Å². The summed E-state index contributed by atoms with van der Waals surface area (Å²) in [5.41, 5.74) is 1.18. The van der Waals surface area contributed by atoms with E-state index in [2.05, 4.69) is 31.1 Å². The Morgan fingerprint density at radius 1 is 1.10 bits per heavy atom. The number of Topliss-reactive ketones (excluding diaryl/α,β-unsaturated/α-hetero) is 1. The maximum atomic E-state index is 13.6. The Balaban J connectivity index is 1.50. The minimum Gasteiger partial charge on any atom is -0.340 e. The molecular weight excluding hydrogens is 520 g/mol.